The Labute approximate surface area is 127 Å². The van der Waals surface area contributed by atoms with Crippen LogP contribution >= 0.6 is 0 Å². The topological polar surface area (TPSA) is 72.9 Å². The Balaban J connectivity index is 2.17. The first-order chi connectivity index (χ1) is 10.0. The fourth-order valence-corrected chi connectivity index (χ4v) is 2.71. The molecule has 0 aromatic carbocycles. The molecule has 1 unspecified atom stereocenters. The van der Waals surface area contributed by atoms with Crippen molar-refractivity contribution in [3.05, 3.63) is 0 Å². The van der Waals surface area contributed by atoms with Crippen LogP contribution in [0.2, 0.25) is 0 Å². The van der Waals surface area contributed by atoms with Gasteiger partial charge in [0.25, 0.3) is 0 Å². The van der Waals surface area contributed by atoms with Gasteiger partial charge in [0.05, 0.1) is 6.42 Å². The smallest absolute Gasteiger partial charge is 0.317 e. The summed E-state index contributed by atoms with van der Waals surface area (Å²) in [6, 6.07) is 0.489. The van der Waals surface area contributed by atoms with Gasteiger partial charge in [0, 0.05) is 32.2 Å². The minimum Gasteiger partial charge on any atom is -0.481 e. The van der Waals surface area contributed by atoms with Crippen molar-refractivity contribution in [2.75, 3.05) is 32.7 Å². The number of carbonyl (C=O) groups excluding carboxylic acids is 1. The van der Waals surface area contributed by atoms with E-state index in [1.54, 1.807) is 0 Å². The van der Waals surface area contributed by atoms with E-state index in [-0.39, 0.29) is 19.0 Å². The van der Waals surface area contributed by atoms with E-state index in [9.17, 15) is 9.59 Å². The van der Waals surface area contributed by atoms with Crippen LogP contribution in [0.25, 0.3) is 0 Å². The second kappa shape index (κ2) is 9.60. The van der Waals surface area contributed by atoms with Crippen molar-refractivity contribution in [3.8, 4) is 0 Å². The van der Waals surface area contributed by atoms with Crippen LogP contribution in [0.5, 0.6) is 0 Å². The van der Waals surface area contributed by atoms with E-state index in [4.69, 9.17) is 5.11 Å². The minimum absolute atomic E-state index is 0.00739. The number of hydrogen-bond donors (Lipinski definition) is 2. The average molecular weight is 299 g/mol. The van der Waals surface area contributed by atoms with Crippen molar-refractivity contribution in [1.82, 2.24) is 15.1 Å². The Morgan fingerprint density at radius 2 is 2.14 bits per heavy atom. The van der Waals surface area contributed by atoms with Gasteiger partial charge in [0.1, 0.15) is 0 Å². The number of carbonyl (C=O) groups is 2. The Morgan fingerprint density at radius 3 is 2.76 bits per heavy atom. The fraction of sp³-hybridized carbons (Fsp3) is 0.867. The number of nitrogens with one attached hydrogen (secondary N) is 1. The lowest BCUT2D eigenvalue weighted by Crippen LogP contribution is -2.43. The molecule has 6 heteroatoms. The molecule has 1 atom stereocenters. The highest BCUT2D eigenvalue weighted by molar-refractivity contribution is 5.75. The highest BCUT2D eigenvalue weighted by Crippen LogP contribution is 2.15. The molecule has 0 spiro atoms. The first-order valence-corrected chi connectivity index (χ1v) is 8.03. The van der Waals surface area contributed by atoms with Crippen LogP contribution in [0.15, 0.2) is 0 Å². The summed E-state index contributed by atoms with van der Waals surface area (Å²) in [6.07, 6.45) is 4.79. The second-order valence-electron chi connectivity index (χ2n) is 5.69. The highest BCUT2D eigenvalue weighted by atomic mass is 16.4. The van der Waals surface area contributed by atoms with Gasteiger partial charge >= 0.3 is 12.0 Å². The Kier molecular flexibility index (Phi) is 8.12. The molecule has 0 aliphatic carbocycles. The van der Waals surface area contributed by atoms with Crippen LogP contribution < -0.4 is 5.32 Å². The summed E-state index contributed by atoms with van der Waals surface area (Å²) in [5.41, 5.74) is 0. The number of rotatable bonds is 8. The maximum Gasteiger partial charge on any atom is 0.317 e. The normalized spacial score (nSPS) is 19.2. The van der Waals surface area contributed by atoms with Gasteiger partial charge < -0.3 is 20.2 Å². The third-order valence-electron chi connectivity index (χ3n) is 4.10. The molecule has 122 valence electrons. The van der Waals surface area contributed by atoms with Crippen LogP contribution in [0, 0.1) is 0 Å². The van der Waals surface area contributed by atoms with Gasteiger partial charge in [-0.25, -0.2) is 4.79 Å². The number of likely N-dealkylation sites (tertiary alicyclic amines) is 1. The maximum absolute atomic E-state index is 11.9. The standard InChI is InChI=1S/C15H29N3O3/c1-3-17(12-8-14(19)20)15(21)16-9-6-11-18-10-5-4-7-13(18)2/h13H,3-12H2,1-2H3,(H,16,21)(H,19,20). The van der Waals surface area contributed by atoms with Crippen molar-refractivity contribution in [1.29, 1.82) is 0 Å². The molecule has 1 saturated heterocycles. The third-order valence-corrected chi connectivity index (χ3v) is 4.10. The predicted octanol–water partition coefficient (Wildman–Crippen LogP) is 1.76. The number of piperidine rings is 1. The second-order valence-corrected chi connectivity index (χ2v) is 5.69. The molecule has 2 amide bonds. The third kappa shape index (κ3) is 6.80. The van der Waals surface area contributed by atoms with Gasteiger partial charge in [-0.2, -0.15) is 0 Å². The fourth-order valence-electron chi connectivity index (χ4n) is 2.71. The van der Waals surface area contributed by atoms with E-state index in [1.807, 2.05) is 6.92 Å². The van der Waals surface area contributed by atoms with Gasteiger partial charge in [-0.05, 0) is 39.7 Å². The molecule has 6 nitrogen and oxygen atoms in total. The van der Waals surface area contributed by atoms with Crippen molar-refractivity contribution in [2.24, 2.45) is 0 Å². The summed E-state index contributed by atoms with van der Waals surface area (Å²) >= 11 is 0. The van der Waals surface area contributed by atoms with E-state index >= 15 is 0 Å². The van der Waals surface area contributed by atoms with Gasteiger partial charge in [-0.15, -0.1) is 0 Å². The van der Waals surface area contributed by atoms with Crippen LogP contribution in [0.1, 0.15) is 46.0 Å². The van der Waals surface area contributed by atoms with Crippen LogP contribution in [0.3, 0.4) is 0 Å². The molecule has 0 saturated carbocycles. The van der Waals surface area contributed by atoms with E-state index < -0.39 is 5.97 Å². The molecule has 1 aliphatic rings. The number of carboxylic acid groups (broad SMARTS) is 1. The van der Waals surface area contributed by atoms with Crippen LogP contribution in [0.4, 0.5) is 4.79 Å². The predicted molar refractivity (Wildman–Crippen MR) is 82.4 cm³/mol. The SMILES string of the molecule is CCN(CCC(=O)O)C(=O)NCCCN1CCCCC1C. The molecule has 1 fully saturated rings. The average Bonchev–Trinajstić information content (AvgIpc) is 2.45. The maximum atomic E-state index is 11.9. The van der Waals surface area contributed by atoms with E-state index in [1.165, 1.54) is 24.2 Å². The van der Waals surface area contributed by atoms with E-state index in [2.05, 4.69) is 17.1 Å². The molecule has 1 heterocycles. The number of aliphatic carboxylic acids is 1. The lowest BCUT2D eigenvalue weighted by molar-refractivity contribution is -0.137. The minimum atomic E-state index is -0.875. The van der Waals surface area contributed by atoms with Gasteiger partial charge in [0.2, 0.25) is 0 Å². The van der Waals surface area contributed by atoms with Gasteiger partial charge in [-0.1, -0.05) is 6.42 Å². The first-order valence-electron chi connectivity index (χ1n) is 8.03. The zero-order valence-electron chi connectivity index (χ0n) is 13.3. The largest absolute Gasteiger partial charge is 0.481 e. The number of nitrogens with zero attached hydrogens (tertiary/aromatic N) is 2. The number of urea groups is 1. The monoisotopic (exact) mass is 299 g/mol. The summed E-state index contributed by atoms with van der Waals surface area (Å²) in [4.78, 5) is 26.5. The molecule has 0 aromatic heterocycles. The number of hydrogen-bond acceptors (Lipinski definition) is 3. The molecule has 2 N–H and O–H groups in total. The highest BCUT2D eigenvalue weighted by Gasteiger charge is 2.17. The molecule has 1 aliphatic heterocycles. The number of carboxylic acids is 1. The summed E-state index contributed by atoms with van der Waals surface area (Å²) in [5.74, 6) is -0.875. The number of amides is 2. The van der Waals surface area contributed by atoms with Crippen molar-refractivity contribution >= 4 is 12.0 Å². The lowest BCUT2D eigenvalue weighted by atomic mass is 10.0. The van der Waals surface area contributed by atoms with Crippen molar-refractivity contribution in [3.63, 3.8) is 0 Å². The Morgan fingerprint density at radius 1 is 1.38 bits per heavy atom. The summed E-state index contributed by atoms with van der Waals surface area (Å²) in [7, 11) is 0. The lowest BCUT2D eigenvalue weighted by Gasteiger charge is -2.33. The van der Waals surface area contributed by atoms with Gasteiger partial charge in [-0.3, -0.25) is 4.79 Å². The summed E-state index contributed by atoms with van der Waals surface area (Å²) in [5, 5.41) is 11.5. The zero-order valence-corrected chi connectivity index (χ0v) is 13.3. The molecular formula is C15H29N3O3. The molecule has 1 rings (SSSR count). The Bertz CT molecular complexity index is 336. The van der Waals surface area contributed by atoms with E-state index in [0.29, 0.717) is 19.1 Å². The molecule has 0 aromatic rings. The van der Waals surface area contributed by atoms with E-state index in [0.717, 1.165) is 19.5 Å². The van der Waals surface area contributed by atoms with Crippen LogP contribution in [-0.4, -0.2) is 65.7 Å². The Hall–Kier alpha value is -1.30. The molecule has 0 bridgehead atoms. The molecule has 0 radical (unpaired) electrons. The van der Waals surface area contributed by atoms with Crippen molar-refractivity contribution < 1.29 is 14.7 Å². The molecule has 21 heavy (non-hydrogen) atoms. The zero-order chi connectivity index (χ0) is 15.7. The quantitative estimate of drug-likeness (QED) is 0.670. The molecular weight excluding hydrogens is 270 g/mol. The van der Waals surface area contributed by atoms with Crippen molar-refractivity contribution in [2.45, 2.75) is 52.0 Å². The summed E-state index contributed by atoms with van der Waals surface area (Å²) in [6.45, 7) is 7.74. The van der Waals surface area contributed by atoms with Crippen LogP contribution in [-0.2, 0) is 4.79 Å². The first kappa shape index (κ1) is 17.8. The summed E-state index contributed by atoms with van der Waals surface area (Å²) < 4.78 is 0. The van der Waals surface area contributed by atoms with Gasteiger partial charge in [0.15, 0.2) is 0 Å².